The molecule has 0 saturated carbocycles. The first-order valence-corrected chi connectivity index (χ1v) is 6.79. The average Bonchev–Trinajstić information content (AvgIpc) is 2.62. The first kappa shape index (κ1) is 12.7. The summed E-state index contributed by atoms with van der Waals surface area (Å²) in [5.74, 6) is 2.49. The molecule has 0 saturated heterocycles. The molecule has 1 atom stereocenters. The normalized spacial score (nSPS) is 13.0. The Morgan fingerprint density at radius 2 is 2.33 bits per heavy atom. The van der Waals surface area contributed by atoms with Gasteiger partial charge in [0.1, 0.15) is 0 Å². The van der Waals surface area contributed by atoms with Gasteiger partial charge < -0.3 is 9.88 Å². The summed E-state index contributed by atoms with van der Waals surface area (Å²) in [6.07, 6.45) is 5.51. The molecule has 0 radical (unpaired) electrons. The third-order valence-electron chi connectivity index (χ3n) is 2.45. The zero-order chi connectivity index (χ0) is 11.1. The van der Waals surface area contributed by atoms with Gasteiger partial charge in [0.2, 0.25) is 0 Å². The zero-order valence-electron chi connectivity index (χ0n) is 9.99. The highest BCUT2D eigenvalue weighted by molar-refractivity contribution is 7.99. The predicted octanol–water partition coefficient (Wildman–Crippen LogP) is 2.65. The van der Waals surface area contributed by atoms with E-state index in [1.807, 2.05) is 11.8 Å². The van der Waals surface area contributed by atoms with Gasteiger partial charge >= 0.3 is 0 Å². The van der Waals surface area contributed by atoms with Crippen molar-refractivity contribution in [2.24, 2.45) is 7.05 Å². The molecule has 0 bridgehead atoms. The molecule has 15 heavy (non-hydrogen) atoms. The molecule has 86 valence electrons. The van der Waals surface area contributed by atoms with Gasteiger partial charge in [-0.1, -0.05) is 6.92 Å². The van der Waals surface area contributed by atoms with Crippen LogP contribution in [0.15, 0.2) is 18.5 Å². The Morgan fingerprint density at radius 3 is 2.93 bits per heavy atom. The molecule has 0 aliphatic carbocycles. The van der Waals surface area contributed by atoms with Gasteiger partial charge in [0, 0.05) is 32.0 Å². The number of nitrogens with one attached hydrogen (secondary N) is 1. The molecule has 0 aromatic carbocycles. The second-order valence-electron chi connectivity index (χ2n) is 3.95. The summed E-state index contributed by atoms with van der Waals surface area (Å²) < 4.78 is 2.09. The Bertz CT molecular complexity index is 270. The van der Waals surface area contributed by atoms with Crippen LogP contribution in [0.1, 0.15) is 25.8 Å². The number of aromatic nitrogens is 1. The van der Waals surface area contributed by atoms with Crippen molar-refractivity contribution in [3.63, 3.8) is 0 Å². The molecule has 1 heterocycles. The molecule has 0 fully saturated rings. The number of hydrogen-bond donors (Lipinski definition) is 1. The summed E-state index contributed by atoms with van der Waals surface area (Å²) in [4.78, 5) is 0. The van der Waals surface area contributed by atoms with E-state index < -0.39 is 0 Å². The van der Waals surface area contributed by atoms with E-state index in [1.165, 1.54) is 23.5 Å². The first-order chi connectivity index (χ1) is 7.22. The Kier molecular flexibility index (Phi) is 5.88. The highest BCUT2D eigenvalue weighted by atomic mass is 32.2. The lowest BCUT2D eigenvalue weighted by Crippen LogP contribution is -2.25. The van der Waals surface area contributed by atoms with Crippen molar-refractivity contribution in [1.29, 1.82) is 0 Å². The van der Waals surface area contributed by atoms with Crippen molar-refractivity contribution in [1.82, 2.24) is 9.88 Å². The fourth-order valence-electron chi connectivity index (χ4n) is 1.46. The lowest BCUT2D eigenvalue weighted by atomic mass is 10.2. The van der Waals surface area contributed by atoms with Gasteiger partial charge in [-0.05, 0) is 36.5 Å². The van der Waals surface area contributed by atoms with Crippen LogP contribution < -0.4 is 5.32 Å². The molecule has 1 unspecified atom stereocenters. The lowest BCUT2D eigenvalue weighted by molar-refractivity contribution is 0.537. The van der Waals surface area contributed by atoms with Crippen molar-refractivity contribution in [2.45, 2.75) is 32.9 Å². The molecule has 1 aromatic rings. The van der Waals surface area contributed by atoms with Crippen LogP contribution in [0, 0.1) is 0 Å². The third kappa shape index (κ3) is 5.28. The average molecular weight is 226 g/mol. The van der Waals surface area contributed by atoms with Crippen LogP contribution in [0.5, 0.6) is 0 Å². The van der Waals surface area contributed by atoms with E-state index in [-0.39, 0.29) is 0 Å². The fourth-order valence-corrected chi connectivity index (χ4v) is 2.27. The molecule has 2 nitrogen and oxygen atoms in total. The topological polar surface area (TPSA) is 17.0 Å². The molecule has 3 heteroatoms. The Morgan fingerprint density at radius 1 is 1.53 bits per heavy atom. The molecule has 0 aliphatic heterocycles. The van der Waals surface area contributed by atoms with Gasteiger partial charge in [0.05, 0.1) is 0 Å². The minimum Gasteiger partial charge on any atom is -0.357 e. The minimum atomic E-state index is 0.615. The summed E-state index contributed by atoms with van der Waals surface area (Å²) in [6, 6.07) is 2.78. The summed E-state index contributed by atoms with van der Waals surface area (Å²) in [7, 11) is 2.06. The summed E-state index contributed by atoms with van der Waals surface area (Å²) in [5, 5.41) is 3.54. The lowest BCUT2D eigenvalue weighted by Gasteiger charge is -2.12. The highest BCUT2D eigenvalue weighted by Gasteiger charge is 2.01. The van der Waals surface area contributed by atoms with E-state index in [0.717, 1.165) is 6.54 Å². The van der Waals surface area contributed by atoms with Crippen LogP contribution in [0.2, 0.25) is 0 Å². The van der Waals surface area contributed by atoms with Gasteiger partial charge in [-0.15, -0.1) is 0 Å². The molecular weight excluding hydrogens is 204 g/mol. The summed E-state index contributed by atoms with van der Waals surface area (Å²) in [5.41, 5.74) is 1.37. The van der Waals surface area contributed by atoms with Crippen LogP contribution in [-0.4, -0.2) is 22.1 Å². The number of rotatable bonds is 7. The maximum Gasteiger partial charge on any atom is 0.0223 e. The summed E-state index contributed by atoms with van der Waals surface area (Å²) in [6.45, 7) is 5.46. The second kappa shape index (κ2) is 6.96. The fraction of sp³-hybridized carbons (Fsp3) is 0.667. The van der Waals surface area contributed by atoms with E-state index in [9.17, 15) is 0 Å². The van der Waals surface area contributed by atoms with Crippen LogP contribution in [0.4, 0.5) is 0 Å². The highest BCUT2D eigenvalue weighted by Crippen LogP contribution is 2.05. The molecular formula is C12H22N2S. The van der Waals surface area contributed by atoms with Gasteiger partial charge in [-0.2, -0.15) is 11.8 Å². The number of thioether (sulfide) groups is 1. The molecule has 0 amide bonds. The summed E-state index contributed by atoms with van der Waals surface area (Å²) >= 11 is 2.02. The van der Waals surface area contributed by atoms with Gasteiger partial charge in [-0.3, -0.25) is 0 Å². The molecule has 0 aliphatic rings. The van der Waals surface area contributed by atoms with Crippen molar-refractivity contribution in [3.8, 4) is 0 Å². The number of nitrogens with zero attached hydrogens (tertiary/aromatic N) is 1. The molecule has 1 rings (SSSR count). The van der Waals surface area contributed by atoms with Crippen molar-refractivity contribution >= 4 is 11.8 Å². The van der Waals surface area contributed by atoms with E-state index in [4.69, 9.17) is 0 Å². The standard InChI is InChI=1S/C12H22N2S/c1-4-15-8-6-11(2)13-9-12-5-7-14(3)10-12/h5,7,10-11,13H,4,6,8-9H2,1-3H3. The zero-order valence-corrected chi connectivity index (χ0v) is 10.8. The molecule has 0 spiro atoms. The number of aryl methyl sites for hydroxylation is 1. The minimum absolute atomic E-state index is 0.615. The maximum absolute atomic E-state index is 3.54. The Labute approximate surface area is 97.4 Å². The smallest absolute Gasteiger partial charge is 0.0223 e. The monoisotopic (exact) mass is 226 g/mol. The maximum atomic E-state index is 3.54. The van der Waals surface area contributed by atoms with Gasteiger partial charge in [0.25, 0.3) is 0 Å². The van der Waals surface area contributed by atoms with Crippen molar-refractivity contribution in [3.05, 3.63) is 24.0 Å². The van der Waals surface area contributed by atoms with Gasteiger partial charge in [0.15, 0.2) is 0 Å². The van der Waals surface area contributed by atoms with E-state index in [1.54, 1.807) is 0 Å². The van der Waals surface area contributed by atoms with Crippen LogP contribution in [0.25, 0.3) is 0 Å². The largest absolute Gasteiger partial charge is 0.357 e. The van der Waals surface area contributed by atoms with E-state index in [2.05, 4.69) is 49.2 Å². The van der Waals surface area contributed by atoms with Crippen LogP contribution >= 0.6 is 11.8 Å². The Balaban J connectivity index is 2.13. The van der Waals surface area contributed by atoms with Crippen LogP contribution in [0.3, 0.4) is 0 Å². The Hall–Kier alpha value is -0.410. The van der Waals surface area contributed by atoms with Crippen LogP contribution in [-0.2, 0) is 13.6 Å². The van der Waals surface area contributed by atoms with Gasteiger partial charge in [-0.25, -0.2) is 0 Å². The van der Waals surface area contributed by atoms with E-state index in [0.29, 0.717) is 6.04 Å². The number of hydrogen-bond acceptors (Lipinski definition) is 2. The van der Waals surface area contributed by atoms with E-state index >= 15 is 0 Å². The quantitative estimate of drug-likeness (QED) is 0.720. The van der Waals surface area contributed by atoms with Crippen molar-refractivity contribution < 1.29 is 0 Å². The molecule has 1 aromatic heterocycles. The molecule has 1 N–H and O–H groups in total. The second-order valence-corrected chi connectivity index (χ2v) is 5.35. The first-order valence-electron chi connectivity index (χ1n) is 5.64. The SMILES string of the molecule is CCSCCC(C)NCc1ccn(C)c1. The van der Waals surface area contributed by atoms with Crippen molar-refractivity contribution in [2.75, 3.05) is 11.5 Å². The predicted molar refractivity (Wildman–Crippen MR) is 69.3 cm³/mol. The third-order valence-corrected chi connectivity index (χ3v) is 3.38.